The first-order valence-corrected chi connectivity index (χ1v) is 9.40. The third-order valence-corrected chi connectivity index (χ3v) is 7.12. The lowest BCUT2D eigenvalue weighted by Gasteiger charge is -2.44. The molecule has 2 aliphatic rings. The molecule has 2 unspecified atom stereocenters. The second-order valence-electron chi connectivity index (χ2n) is 6.22. The van der Waals surface area contributed by atoms with E-state index < -0.39 is 0 Å². The molecule has 4 rings (SSSR count). The topological polar surface area (TPSA) is 44.5 Å². The van der Waals surface area contributed by atoms with Gasteiger partial charge in [-0.05, 0) is 49.1 Å². The molecule has 0 bridgehead atoms. The summed E-state index contributed by atoms with van der Waals surface area (Å²) in [5, 5.41) is 2.15. The summed E-state index contributed by atoms with van der Waals surface area (Å²) in [6.45, 7) is 2.51. The first-order valence-electron chi connectivity index (χ1n) is 7.70. The van der Waals surface area contributed by atoms with Crippen molar-refractivity contribution in [3.05, 3.63) is 22.4 Å². The van der Waals surface area contributed by atoms with E-state index in [9.17, 15) is 0 Å². The highest BCUT2D eigenvalue weighted by Gasteiger charge is 2.41. The predicted octanol–water partition coefficient (Wildman–Crippen LogP) is 3.94. The fourth-order valence-electron chi connectivity index (χ4n) is 3.65. The zero-order valence-corrected chi connectivity index (χ0v) is 13.7. The number of rotatable bonds is 2. The summed E-state index contributed by atoms with van der Waals surface area (Å²) >= 11 is 3.67. The molecule has 2 aromatic rings. The van der Waals surface area contributed by atoms with Crippen LogP contribution in [0.15, 0.2) is 17.5 Å². The van der Waals surface area contributed by atoms with Crippen LogP contribution in [0.4, 0.5) is 0 Å². The average molecular weight is 323 g/mol. The molecule has 2 N–H and O–H groups in total. The van der Waals surface area contributed by atoms with Crippen LogP contribution in [0.5, 0.6) is 0 Å². The molecule has 2 aromatic heterocycles. The Morgan fingerprint density at radius 1 is 1.24 bits per heavy atom. The molecule has 21 heavy (non-hydrogen) atoms. The predicted molar refractivity (Wildman–Crippen MR) is 88.1 cm³/mol. The van der Waals surface area contributed by atoms with Gasteiger partial charge in [0.1, 0.15) is 0 Å². The standard InChI is InChI=1S/C16H21NO2S2/c17-15(14-9-13-12(21-14)2-8-20-13)11-1-5-19-16(10-11)3-6-18-7-4-16/h2,8-9,11,15H,1,3-7,10,17H2. The van der Waals surface area contributed by atoms with Gasteiger partial charge in [-0.2, -0.15) is 0 Å². The van der Waals surface area contributed by atoms with Gasteiger partial charge in [-0.25, -0.2) is 0 Å². The number of hydrogen-bond acceptors (Lipinski definition) is 5. The molecule has 0 saturated carbocycles. The summed E-state index contributed by atoms with van der Waals surface area (Å²) in [5.74, 6) is 0.532. The molecular weight excluding hydrogens is 302 g/mol. The Morgan fingerprint density at radius 3 is 2.90 bits per heavy atom. The highest BCUT2D eigenvalue weighted by atomic mass is 32.1. The van der Waals surface area contributed by atoms with Crippen molar-refractivity contribution >= 4 is 32.1 Å². The Labute approximate surface area is 133 Å². The maximum Gasteiger partial charge on any atom is 0.0729 e. The van der Waals surface area contributed by atoms with E-state index in [2.05, 4.69) is 17.5 Å². The van der Waals surface area contributed by atoms with Crippen molar-refractivity contribution in [3.63, 3.8) is 0 Å². The molecule has 3 nitrogen and oxygen atoms in total. The van der Waals surface area contributed by atoms with Crippen LogP contribution >= 0.6 is 22.7 Å². The molecule has 0 aliphatic carbocycles. The maximum absolute atomic E-state index is 6.61. The Bertz CT molecular complexity index is 581. The summed E-state index contributed by atoms with van der Waals surface area (Å²) in [6.07, 6.45) is 4.21. The third kappa shape index (κ3) is 2.66. The van der Waals surface area contributed by atoms with E-state index in [1.165, 1.54) is 14.3 Å². The van der Waals surface area contributed by atoms with E-state index in [1.54, 1.807) is 0 Å². The Balaban J connectivity index is 1.53. The average Bonchev–Trinajstić information content (AvgIpc) is 3.08. The fourth-order valence-corrected chi connectivity index (χ4v) is 5.86. The van der Waals surface area contributed by atoms with Gasteiger partial charge >= 0.3 is 0 Å². The van der Waals surface area contributed by atoms with Crippen LogP contribution < -0.4 is 5.73 Å². The third-order valence-electron chi connectivity index (χ3n) is 4.93. The Kier molecular flexibility index (Phi) is 3.79. The SMILES string of the molecule is NC(c1cc2sccc2s1)C1CCOC2(CCOCC2)C1. The summed E-state index contributed by atoms with van der Waals surface area (Å²) in [7, 11) is 0. The monoisotopic (exact) mass is 323 g/mol. The van der Waals surface area contributed by atoms with E-state index >= 15 is 0 Å². The van der Waals surface area contributed by atoms with Gasteiger partial charge in [0.2, 0.25) is 0 Å². The number of nitrogens with two attached hydrogens (primary N) is 1. The second-order valence-corrected chi connectivity index (χ2v) is 8.28. The van der Waals surface area contributed by atoms with Gasteiger partial charge in [-0.15, -0.1) is 22.7 Å². The molecule has 2 atom stereocenters. The zero-order valence-electron chi connectivity index (χ0n) is 12.0. The van der Waals surface area contributed by atoms with Crippen LogP contribution in [0, 0.1) is 5.92 Å². The van der Waals surface area contributed by atoms with Crippen LogP contribution in [0.2, 0.25) is 0 Å². The minimum Gasteiger partial charge on any atom is -0.381 e. The van der Waals surface area contributed by atoms with Crippen molar-refractivity contribution in [3.8, 4) is 0 Å². The van der Waals surface area contributed by atoms with Crippen LogP contribution in [0.25, 0.3) is 9.40 Å². The molecule has 0 aromatic carbocycles. The molecule has 0 amide bonds. The molecule has 0 radical (unpaired) electrons. The first-order chi connectivity index (χ1) is 10.3. The summed E-state index contributed by atoms with van der Waals surface area (Å²) in [6, 6.07) is 4.64. The van der Waals surface area contributed by atoms with Crippen LogP contribution in [-0.4, -0.2) is 25.4 Å². The minimum absolute atomic E-state index is 0.0351. The summed E-state index contributed by atoms with van der Waals surface area (Å²) < 4.78 is 14.4. The van der Waals surface area contributed by atoms with Gasteiger partial charge in [-0.3, -0.25) is 0 Å². The summed E-state index contributed by atoms with van der Waals surface area (Å²) in [4.78, 5) is 1.34. The smallest absolute Gasteiger partial charge is 0.0729 e. The molecule has 114 valence electrons. The lowest BCUT2D eigenvalue weighted by Crippen LogP contribution is -2.46. The second kappa shape index (κ2) is 5.63. The molecule has 5 heteroatoms. The fraction of sp³-hybridized carbons (Fsp3) is 0.625. The molecule has 4 heterocycles. The number of ether oxygens (including phenoxy) is 2. The Morgan fingerprint density at radius 2 is 2.10 bits per heavy atom. The van der Waals surface area contributed by atoms with Gasteiger partial charge < -0.3 is 15.2 Å². The van der Waals surface area contributed by atoms with E-state index in [4.69, 9.17) is 15.2 Å². The quantitative estimate of drug-likeness (QED) is 0.910. The number of fused-ring (bicyclic) bond motifs is 1. The highest BCUT2D eigenvalue weighted by molar-refractivity contribution is 7.26. The number of thiophene rings is 2. The van der Waals surface area contributed by atoms with E-state index in [0.29, 0.717) is 5.92 Å². The van der Waals surface area contributed by atoms with Crippen molar-refractivity contribution in [1.82, 2.24) is 0 Å². The summed E-state index contributed by atoms with van der Waals surface area (Å²) in [5.41, 5.74) is 6.65. The molecule has 2 aliphatic heterocycles. The molecule has 2 saturated heterocycles. The van der Waals surface area contributed by atoms with Gasteiger partial charge in [-0.1, -0.05) is 0 Å². The highest BCUT2D eigenvalue weighted by Crippen LogP contribution is 2.43. The van der Waals surface area contributed by atoms with E-state index in [-0.39, 0.29) is 11.6 Å². The van der Waals surface area contributed by atoms with Gasteiger partial charge in [0.05, 0.1) is 5.60 Å². The lowest BCUT2D eigenvalue weighted by atomic mass is 9.77. The molecule has 1 spiro atoms. The van der Waals surface area contributed by atoms with Crippen molar-refractivity contribution in [2.75, 3.05) is 19.8 Å². The van der Waals surface area contributed by atoms with Crippen LogP contribution in [0.1, 0.15) is 36.6 Å². The van der Waals surface area contributed by atoms with Crippen LogP contribution in [-0.2, 0) is 9.47 Å². The molecular formula is C16H21NO2S2. The molecule has 2 fully saturated rings. The van der Waals surface area contributed by atoms with Crippen molar-refractivity contribution < 1.29 is 9.47 Å². The van der Waals surface area contributed by atoms with Gasteiger partial charge in [0, 0.05) is 40.1 Å². The van der Waals surface area contributed by atoms with Crippen molar-refractivity contribution in [2.45, 2.75) is 37.3 Å². The first kappa shape index (κ1) is 14.2. The number of hydrogen-bond donors (Lipinski definition) is 1. The zero-order chi connectivity index (χ0) is 14.3. The van der Waals surface area contributed by atoms with E-state index in [1.807, 2.05) is 22.7 Å². The van der Waals surface area contributed by atoms with Crippen molar-refractivity contribution in [2.24, 2.45) is 11.7 Å². The Hall–Kier alpha value is -0.460. The largest absolute Gasteiger partial charge is 0.381 e. The van der Waals surface area contributed by atoms with Gasteiger partial charge in [0.15, 0.2) is 0 Å². The van der Waals surface area contributed by atoms with E-state index in [0.717, 1.165) is 45.5 Å². The van der Waals surface area contributed by atoms with Crippen LogP contribution in [0.3, 0.4) is 0 Å². The minimum atomic E-state index is 0.0351. The maximum atomic E-state index is 6.61. The van der Waals surface area contributed by atoms with Gasteiger partial charge in [0.25, 0.3) is 0 Å². The van der Waals surface area contributed by atoms with Crippen molar-refractivity contribution in [1.29, 1.82) is 0 Å². The lowest BCUT2D eigenvalue weighted by molar-refractivity contribution is -0.149. The normalized spacial score (nSPS) is 27.2.